The standard InChI is InChI=1S/C15H30N2O2/c1-6-7-10-16(5)15(19)9-12-17(14(4)18)11-8-13(2)3/h13H,6-12H2,1-5H3. The molecule has 112 valence electrons. The SMILES string of the molecule is CCCCN(C)C(=O)CCN(CCC(C)C)C(C)=O. The highest BCUT2D eigenvalue weighted by molar-refractivity contribution is 5.77. The van der Waals surface area contributed by atoms with Crippen LogP contribution in [0.3, 0.4) is 0 Å². The molecular formula is C15H30N2O2. The van der Waals surface area contributed by atoms with Crippen molar-refractivity contribution in [2.24, 2.45) is 5.92 Å². The number of hydrogen-bond donors (Lipinski definition) is 0. The van der Waals surface area contributed by atoms with Crippen molar-refractivity contribution in [3.63, 3.8) is 0 Å². The molecular weight excluding hydrogens is 240 g/mol. The van der Waals surface area contributed by atoms with Crippen molar-refractivity contribution in [1.29, 1.82) is 0 Å². The molecule has 0 saturated carbocycles. The third-order valence-corrected chi connectivity index (χ3v) is 3.29. The summed E-state index contributed by atoms with van der Waals surface area (Å²) in [7, 11) is 1.84. The molecule has 0 aliphatic rings. The molecule has 4 nitrogen and oxygen atoms in total. The Morgan fingerprint density at radius 2 is 1.74 bits per heavy atom. The summed E-state index contributed by atoms with van der Waals surface area (Å²) in [6, 6.07) is 0. The first-order valence-corrected chi connectivity index (χ1v) is 7.37. The van der Waals surface area contributed by atoms with Gasteiger partial charge < -0.3 is 9.80 Å². The zero-order valence-electron chi connectivity index (χ0n) is 13.2. The van der Waals surface area contributed by atoms with E-state index in [9.17, 15) is 9.59 Å². The van der Waals surface area contributed by atoms with Gasteiger partial charge in [0.05, 0.1) is 0 Å². The van der Waals surface area contributed by atoms with Crippen molar-refractivity contribution >= 4 is 11.8 Å². The molecule has 0 heterocycles. The molecule has 0 aromatic rings. The van der Waals surface area contributed by atoms with E-state index >= 15 is 0 Å². The highest BCUT2D eigenvalue weighted by Crippen LogP contribution is 2.04. The number of unbranched alkanes of at least 4 members (excludes halogenated alkanes) is 1. The van der Waals surface area contributed by atoms with Gasteiger partial charge in [0.25, 0.3) is 0 Å². The summed E-state index contributed by atoms with van der Waals surface area (Å²) in [4.78, 5) is 27.0. The van der Waals surface area contributed by atoms with Gasteiger partial charge in [-0.15, -0.1) is 0 Å². The zero-order chi connectivity index (χ0) is 14.8. The molecule has 19 heavy (non-hydrogen) atoms. The number of nitrogens with zero attached hydrogens (tertiary/aromatic N) is 2. The number of hydrogen-bond acceptors (Lipinski definition) is 2. The molecule has 0 aliphatic heterocycles. The van der Waals surface area contributed by atoms with Crippen LogP contribution in [-0.2, 0) is 9.59 Å². The van der Waals surface area contributed by atoms with Crippen molar-refractivity contribution in [2.45, 2.75) is 53.4 Å². The van der Waals surface area contributed by atoms with E-state index in [1.165, 1.54) is 0 Å². The van der Waals surface area contributed by atoms with E-state index in [-0.39, 0.29) is 11.8 Å². The summed E-state index contributed by atoms with van der Waals surface area (Å²) in [5, 5.41) is 0. The van der Waals surface area contributed by atoms with Crippen LogP contribution in [0.1, 0.15) is 53.4 Å². The molecule has 4 heteroatoms. The van der Waals surface area contributed by atoms with Crippen molar-refractivity contribution in [2.75, 3.05) is 26.7 Å². The van der Waals surface area contributed by atoms with Crippen molar-refractivity contribution in [1.82, 2.24) is 9.80 Å². The van der Waals surface area contributed by atoms with Crippen LogP contribution in [0.4, 0.5) is 0 Å². The lowest BCUT2D eigenvalue weighted by Crippen LogP contribution is -2.35. The monoisotopic (exact) mass is 270 g/mol. The second-order valence-electron chi connectivity index (χ2n) is 5.61. The van der Waals surface area contributed by atoms with Crippen LogP contribution in [0.2, 0.25) is 0 Å². The second-order valence-corrected chi connectivity index (χ2v) is 5.61. The molecule has 0 aromatic carbocycles. The Labute approximate surface area is 118 Å². The topological polar surface area (TPSA) is 40.6 Å². The molecule has 0 rings (SSSR count). The fourth-order valence-electron chi connectivity index (χ4n) is 1.78. The smallest absolute Gasteiger partial charge is 0.224 e. The van der Waals surface area contributed by atoms with Gasteiger partial charge >= 0.3 is 0 Å². The van der Waals surface area contributed by atoms with Crippen LogP contribution in [0.15, 0.2) is 0 Å². The summed E-state index contributed by atoms with van der Waals surface area (Å²) in [5.41, 5.74) is 0. The number of rotatable bonds is 9. The Hall–Kier alpha value is -1.06. The molecule has 0 radical (unpaired) electrons. The van der Waals surface area contributed by atoms with Crippen molar-refractivity contribution in [3.8, 4) is 0 Å². The lowest BCUT2D eigenvalue weighted by atomic mass is 10.1. The maximum Gasteiger partial charge on any atom is 0.224 e. The minimum Gasteiger partial charge on any atom is -0.346 e. The van der Waals surface area contributed by atoms with Gasteiger partial charge in [-0.1, -0.05) is 27.2 Å². The Morgan fingerprint density at radius 1 is 1.11 bits per heavy atom. The Morgan fingerprint density at radius 3 is 2.21 bits per heavy atom. The van der Waals surface area contributed by atoms with E-state index < -0.39 is 0 Å². The fourth-order valence-corrected chi connectivity index (χ4v) is 1.78. The van der Waals surface area contributed by atoms with Crippen LogP contribution in [-0.4, -0.2) is 48.3 Å². The van der Waals surface area contributed by atoms with Gasteiger partial charge in [-0.2, -0.15) is 0 Å². The van der Waals surface area contributed by atoms with Gasteiger partial charge in [-0.3, -0.25) is 9.59 Å². The first-order chi connectivity index (χ1) is 8.88. The first-order valence-electron chi connectivity index (χ1n) is 7.37. The number of carbonyl (C=O) groups excluding carboxylic acids is 2. The first kappa shape index (κ1) is 17.9. The number of carbonyl (C=O) groups is 2. The lowest BCUT2D eigenvalue weighted by Gasteiger charge is -2.23. The van der Waals surface area contributed by atoms with Crippen molar-refractivity contribution in [3.05, 3.63) is 0 Å². The van der Waals surface area contributed by atoms with Gasteiger partial charge in [0.1, 0.15) is 0 Å². The van der Waals surface area contributed by atoms with Crippen LogP contribution in [0, 0.1) is 5.92 Å². The Balaban J connectivity index is 4.09. The van der Waals surface area contributed by atoms with Crippen LogP contribution >= 0.6 is 0 Å². The third kappa shape index (κ3) is 8.62. The second kappa shape index (κ2) is 9.82. The summed E-state index contributed by atoms with van der Waals surface area (Å²) < 4.78 is 0. The average molecular weight is 270 g/mol. The van der Waals surface area contributed by atoms with Crippen LogP contribution < -0.4 is 0 Å². The van der Waals surface area contributed by atoms with Gasteiger partial charge in [0, 0.05) is 40.0 Å². The molecule has 0 spiro atoms. The van der Waals surface area contributed by atoms with Gasteiger partial charge in [-0.25, -0.2) is 0 Å². The quantitative estimate of drug-likeness (QED) is 0.646. The van der Waals surface area contributed by atoms with Gasteiger partial charge in [0.2, 0.25) is 11.8 Å². The predicted octanol–water partition coefficient (Wildman–Crippen LogP) is 2.53. The average Bonchev–Trinajstić information content (AvgIpc) is 2.34. The molecule has 0 unspecified atom stereocenters. The van der Waals surface area contributed by atoms with E-state index in [1.54, 1.807) is 16.7 Å². The van der Waals surface area contributed by atoms with Crippen LogP contribution in [0.25, 0.3) is 0 Å². The molecule has 0 saturated heterocycles. The zero-order valence-corrected chi connectivity index (χ0v) is 13.2. The third-order valence-electron chi connectivity index (χ3n) is 3.29. The maximum absolute atomic E-state index is 11.9. The molecule has 0 atom stereocenters. The largest absolute Gasteiger partial charge is 0.346 e. The summed E-state index contributed by atoms with van der Waals surface area (Å²) in [6.45, 7) is 10.1. The molecule has 0 fully saturated rings. The van der Waals surface area contributed by atoms with Gasteiger partial charge in [-0.05, 0) is 18.8 Å². The van der Waals surface area contributed by atoms with E-state index in [2.05, 4.69) is 20.8 Å². The highest BCUT2D eigenvalue weighted by Gasteiger charge is 2.13. The summed E-state index contributed by atoms with van der Waals surface area (Å²) in [6.07, 6.45) is 3.54. The van der Waals surface area contributed by atoms with E-state index in [0.29, 0.717) is 18.9 Å². The molecule has 2 amide bonds. The predicted molar refractivity (Wildman–Crippen MR) is 78.9 cm³/mol. The summed E-state index contributed by atoms with van der Waals surface area (Å²) >= 11 is 0. The normalized spacial score (nSPS) is 10.6. The number of amides is 2. The minimum atomic E-state index is 0.0599. The Bertz CT molecular complexity index is 277. The van der Waals surface area contributed by atoms with E-state index in [1.807, 2.05) is 7.05 Å². The molecule has 0 aliphatic carbocycles. The Kier molecular flexibility index (Phi) is 9.27. The molecule has 0 aromatic heterocycles. The fraction of sp³-hybridized carbons (Fsp3) is 0.867. The van der Waals surface area contributed by atoms with E-state index in [0.717, 1.165) is 32.4 Å². The van der Waals surface area contributed by atoms with Gasteiger partial charge in [0.15, 0.2) is 0 Å². The summed E-state index contributed by atoms with van der Waals surface area (Å²) in [5.74, 6) is 0.763. The lowest BCUT2D eigenvalue weighted by molar-refractivity contribution is -0.132. The van der Waals surface area contributed by atoms with Crippen molar-refractivity contribution < 1.29 is 9.59 Å². The highest BCUT2D eigenvalue weighted by atomic mass is 16.2. The molecule has 0 N–H and O–H groups in total. The van der Waals surface area contributed by atoms with Crippen LogP contribution in [0.5, 0.6) is 0 Å². The maximum atomic E-state index is 11.9. The van der Waals surface area contributed by atoms with E-state index in [4.69, 9.17) is 0 Å². The molecule has 0 bridgehead atoms. The minimum absolute atomic E-state index is 0.0599.